The summed E-state index contributed by atoms with van der Waals surface area (Å²) in [6.07, 6.45) is 0.0748. The van der Waals surface area contributed by atoms with Gasteiger partial charge in [0, 0.05) is 19.2 Å². The molecular formula is C20H20F2N2O3S. The number of para-hydroxylation sites is 1. The Kier molecular flexibility index (Phi) is 6.89. The second kappa shape index (κ2) is 9.57. The maximum atomic E-state index is 14.3. The first-order valence-corrected chi connectivity index (χ1v) is 9.71. The predicted octanol–water partition coefficient (Wildman–Crippen LogP) is 3.91. The van der Waals surface area contributed by atoms with Crippen LogP contribution in [0.3, 0.4) is 0 Å². The average Bonchev–Trinajstić information content (AvgIpc) is 3.00. The van der Waals surface area contributed by atoms with Crippen molar-refractivity contribution < 1.29 is 23.0 Å². The van der Waals surface area contributed by atoms with Gasteiger partial charge >= 0.3 is 0 Å². The highest BCUT2D eigenvalue weighted by atomic mass is 32.1. The fourth-order valence-electron chi connectivity index (χ4n) is 2.66. The second-order valence-corrected chi connectivity index (χ2v) is 6.89. The molecule has 1 aromatic heterocycles. The molecule has 1 heterocycles. The van der Waals surface area contributed by atoms with Gasteiger partial charge in [-0.2, -0.15) is 4.99 Å². The number of aromatic nitrogens is 1. The van der Waals surface area contributed by atoms with E-state index in [4.69, 9.17) is 9.47 Å². The van der Waals surface area contributed by atoms with Crippen molar-refractivity contribution in [1.82, 2.24) is 4.57 Å². The number of rotatable bonds is 8. The molecule has 2 aromatic carbocycles. The minimum Gasteiger partial charge on any atom is -0.493 e. The zero-order valence-electron chi connectivity index (χ0n) is 15.4. The molecule has 0 aliphatic rings. The Morgan fingerprint density at radius 3 is 2.71 bits per heavy atom. The van der Waals surface area contributed by atoms with Gasteiger partial charge in [0.2, 0.25) is 0 Å². The summed E-state index contributed by atoms with van der Waals surface area (Å²) >= 11 is 1.07. The molecule has 8 heteroatoms. The van der Waals surface area contributed by atoms with E-state index in [0.29, 0.717) is 35.0 Å². The molecule has 0 atom stereocenters. The van der Waals surface area contributed by atoms with Gasteiger partial charge in [0.05, 0.1) is 29.9 Å². The van der Waals surface area contributed by atoms with Crippen LogP contribution in [-0.4, -0.2) is 30.3 Å². The van der Waals surface area contributed by atoms with Crippen LogP contribution in [0.25, 0.3) is 10.2 Å². The third-order valence-corrected chi connectivity index (χ3v) is 4.93. The number of carbonyl (C=O) groups excluding carboxylic acids is 1. The van der Waals surface area contributed by atoms with Gasteiger partial charge < -0.3 is 14.0 Å². The number of ether oxygens (including phenoxy) is 2. The van der Waals surface area contributed by atoms with E-state index < -0.39 is 17.5 Å². The van der Waals surface area contributed by atoms with E-state index in [1.807, 2.05) is 25.1 Å². The first kappa shape index (κ1) is 20.2. The monoisotopic (exact) mass is 406 g/mol. The standard InChI is InChI=1S/C20H20F2N2O3S/c1-2-26-11-9-24-19-16(22)12-14(21)13-17(19)28-20(24)23-18(25)8-10-27-15-6-4-3-5-7-15/h3-7,12-13H,2,8-11H2,1H3. The predicted molar refractivity (Wildman–Crippen MR) is 103 cm³/mol. The van der Waals surface area contributed by atoms with Gasteiger partial charge in [-0.25, -0.2) is 8.78 Å². The summed E-state index contributed by atoms with van der Waals surface area (Å²) in [5.74, 6) is -1.09. The maximum absolute atomic E-state index is 14.3. The molecule has 1 amide bonds. The molecule has 3 rings (SSSR count). The van der Waals surface area contributed by atoms with Gasteiger partial charge in [-0.3, -0.25) is 4.79 Å². The fraction of sp³-hybridized carbons (Fsp3) is 0.300. The van der Waals surface area contributed by atoms with E-state index >= 15 is 0 Å². The Morgan fingerprint density at radius 1 is 1.18 bits per heavy atom. The molecule has 0 fully saturated rings. The average molecular weight is 406 g/mol. The number of nitrogens with zero attached hydrogens (tertiary/aromatic N) is 2. The van der Waals surface area contributed by atoms with E-state index in [0.717, 1.165) is 17.4 Å². The molecule has 28 heavy (non-hydrogen) atoms. The second-order valence-electron chi connectivity index (χ2n) is 5.88. The summed E-state index contributed by atoms with van der Waals surface area (Å²) in [5, 5.41) is 0. The smallest absolute Gasteiger partial charge is 0.251 e. The van der Waals surface area contributed by atoms with Crippen LogP contribution in [0.5, 0.6) is 5.75 Å². The Morgan fingerprint density at radius 2 is 1.96 bits per heavy atom. The number of amides is 1. The number of hydrogen-bond donors (Lipinski definition) is 0. The molecule has 0 unspecified atom stereocenters. The number of benzene rings is 2. The lowest BCUT2D eigenvalue weighted by Crippen LogP contribution is -2.20. The van der Waals surface area contributed by atoms with Crippen molar-refractivity contribution >= 4 is 27.5 Å². The van der Waals surface area contributed by atoms with Crippen molar-refractivity contribution in [3.05, 3.63) is 58.9 Å². The largest absolute Gasteiger partial charge is 0.493 e. The highest BCUT2D eigenvalue weighted by molar-refractivity contribution is 7.16. The van der Waals surface area contributed by atoms with Crippen LogP contribution in [0.15, 0.2) is 47.5 Å². The summed E-state index contributed by atoms with van der Waals surface area (Å²) in [7, 11) is 0. The molecule has 0 saturated carbocycles. The lowest BCUT2D eigenvalue weighted by atomic mass is 10.3. The van der Waals surface area contributed by atoms with Gasteiger partial charge in [0.15, 0.2) is 10.6 Å². The number of hydrogen-bond acceptors (Lipinski definition) is 4. The molecule has 0 aliphatic heterocycles. The highest BCUT2D eigenvalue weighted by Gasteiger charge is 2.14. The van der Waals surface area contributed by atoms with Crippen LogP contribution in [0, 0.1) is 11.6 Å². The van der Waals surface area contributed by atoms with Crippen molar-refractivity contribution in [1.29, 1.82) is 0 Å². The Bertz CT molecular complexity index is 1020. The van der Waals surface area contributed by atoms with Gasteiger partial charge in [-0.05, 0) is 25.1 Å². The third kappa shape index (κ3) is 5.02. The van der Waals surface area contributed by atoms with Crippen molar-refractivity contribution in [3.8, 4) is 5.75 Å². The molecule has 5 nitrogen and oxygen atoms in total. The molecular weight excluding hydrogens is 386 g/mol. The molecule has 0 radical (unpaired) electrons. The lowest BCUT2D eigenvalue weighted by molar-refractivity contribution is -0.118. The Balaban J connectivity index is 1.82. The minimum absolute atomic E-state index is 0.0748. The number of thiazole rings is 1. The zero-order valence-corrected chi connectivity index (χ0v) is 16.2. The van der Waals surface area contributed by atoms with Crippen molar-refractivity contribution in [3.63, 3.8) is 0 Å². The summed E-state index contributed by atoms with van der Waals surface area (Å²) < 4.78 is 40.7. The van der Waals surface area contributed by atoms with Crippen LogP contribution in [0.2, 0.25) is 0 Å². The first-order chi connectivity index (χ1) is 13.6. The van der Waals surface area contributed by atoms with E-state index in [2.05, 4.69) is 4.99 Å². The number of carbonyl (C=O) groups is 1. The Labute approximate surface area is 164 Å². The number of halogens is 2. The van der Waals surface area contributed by atoms with Crippen molar-refractivity contribution in [2.75, 3.05) is 19.8 Å². The van der Waals surface area contributed by atoms with Crippen LogP contribution in [0.1, 0.15) is 13.3 Å². The Hall–Kier alpha value is -2.58. The minimum atomic E-state index is -0.691. The maximum Gasteiger partial charge on any atom is 0.251 e. The van der Waals surface area contributed by atoms with Crippen molar-refractivity contribution in [2.45, 2.75) is 19.9 Å². The van der Waals surface area contributed by atoms with Gasteiger partial charge in [0.25, 0.3) is 5.91 Å². The van der Waals surface area contributed by atoms with Gasteiger partial charge in [-0.1, -0.05) is 29.5 Å². The number of fused-ring (bicyclic) bond motifs is 1. The first-order valence-electron chi connectivity index (χ1n) is 8.90. The molecule has 0 spiro atoms. The quantitative estimate of drug-likeness (QED) is 0.533. The molecule has 0 aliphatic carbocycles. The topological polar surface area (TPSA) is 52.8 Å². The van der Waals surface area contributed by atoms with Crippen LogP contribution < -0.4 is 9.54 Å². The molecule has 0 N–H and O–H groups in total. The molecule has 3 aromatic rings. The summed E-state index contributed by atoms with van der Waals surface area (Å²) in [6, 6.07) is 11.2. The summed E-state index contributed by atoms with van der Waals surface area (Å²) in [5.41, 5.74) is 0.221. The third-order valence-electron chi connectivity index (χ3n) is 3.91. The molecule has 0 saturated heterocycles. The highest BCUT2D eigenvalue weighted by Crippen LogP contribution is 2.22. The van der Waals surface area contributed by atoms with Crippen molar-refractivity contribution in [2.24, 2.45) is 4.99 Å². The summed E-state index contributed by atoms with van der Waals surface area (Å²) in [4.78, 5) is 16.7. The van der Waals surface area contributed by atoms with E-state index in [1.54, 1.807) is 16.7 Å². The van der Waals surface area contributed by atoms with Crippen LogP contribution in [0.4, 0.5) is 8.78 Å². The van der Waals surface area contributed by atoms with E-state index in [-0.39, 0.29) is 18.5 Å². The van der Waals surface area contributed by atoms with E-state index in [1.165, 1.54) is 6.07 Å². The van der Waals surface area contributed by atoms with Crippen LogP contribution in [-0.2, 0) is 16.1 Å². The van der Waals surface area contributed by atoms with Crippen LogP contribution >= 0.6 is 11.3 Å². The zero-order chi connectivity index (χ0) is 19.9. The lowest BCUT2D eigenvalue weighted by Gasteiger charge is -2.06. The fourth-order valence-corrected chi connectivity index (χ4v) is 3.77. The summed E-state index contributed by atoms with van der Waals surface area (Å²) in [6.45, 7) is 3.19. The normalized spacial score (nSPS) is 11.9. The van der Waals surface area contributed by atoms with Gasteiger partial charge in [0.1, 0.15) is 11.6 Å². The SMILES string of the molecule is CCOCCn1c(=NC(=O)CCOc2ccccc2)sc2cc(F)cc(F)c21. The van der Waals surface area contributed by atoms with E-state index in [9.17, 15) is 13.6 Å². The molecule has 148 valence electrons. The molecule has 0 bridgehead atoms. The van der Waals surface area contributed by atoms with Gasteiger partial charge in [-0.15, -0.1) is 0 Å².